The van der Waals surface area contributed by atoms with Gasteiger partial charge in [-0.05, 0) is 31.0 Å². The van der Waals surface area contributed by atoms with Crippen molar-refractivity contribution in [1.29, 1.82) is 0 Å². The van der Waals surface area contributed by atoms with E-state index in [4.69, 9.17) is 9.47 Å². The van der Waals surface area contributed by atoms with E-state index in [1.807, 2.05) is 0 Å². The van der Waals surface area contributed by atoms with Gasteiger partial charge in [0.05, 0.1) is 12.0 Å². The summed E-state index contributed by atoms with van der Waals surface area (Å²) in [6, 6.07) is 6.55. The third-order valence-corrected chi connectivity index (χ3v) is 6.17. The Morgan fingerprint density at radius 1 is 1.18 bits per heavy atom. The number of halogens is 3. The molecule has 1 aliphatic heterocycles. The van der Waals surface area contributed by atoms with Crippen molar-refractivity contribution in [3.8, 4) is 11.8 Å². The van der Waals surface area contributed by atoms with Gasteiger partial charge in [0.2, 0.25) is 10.0 Å². The van der Waals surface area contributed by atoms with Gasteiger partial charge in [-0.15, -0.1) is 0 Å². The maximum atomic E-state index is 12.8. The second-order valence-corrected chi connectivity index (χ2v) is 8.06. The number of aromatic nitrogens is 2. The first-order chi connectivity index (χ1) is 13.2. The summed E-state index contributed by atoms with van der Waals surface area (Å²) in [6.07, 6.45) is -3.46. The topological polar surface area (TPSA) is 81.6 Å². The molecule has 0 N–H and O–H groups in total. The smallest absolute Gasteiger partial charge is 0.433 e. The Morgan fingerprint density at radius 2 is 1.89 bits per heavy atom. The summed E-state index contributed by atoms with van der Waals surface area (Å²) in [5.41, 5.74) is -1.09. The number of hydrogen-bond donors (Lipinski definition) is 0. The number of methoxy groups -OCH3 is 1. The number of sulfonamides is 1. The van der Waals surface area contributed by atoms with E-state index in [1.54, 1.807) is 12.1 Å². The predicted molar refractivity (Wildman–Crippen MR) is 92.4 cm³/mol. The van der Waals surface area contributed by atoms with Gasteiger partial charge in [0.25, 0.3) is 0 Å². The first-order valence-corrected chi connectivity index (χ1v) is 9.85. The lowest BCUT2D eigenvalue weighted by atomic mass is 10.1. The average molecular weight is 417 g/mol. The molecular formula is C17H18F3N3O4S. The van der Waals surface area contributed by atoms with Crippen LogP contribution >= 0.6 is 0 Å². The Balaban J connectivity index is 1.64. The van der Waals surface area contributed by atoms with Crippen LogP contribution in [0.15, 0.2) is 41.4 Å². The second-order valence-electron chi connectivity index (χ2n) is 6.12. The third-order valence-electron chi connectivity index (χ3n) is 4.28. The Labute approximate surface area is 160 Å². The van der Waals surface area contributed by atoms with Gasteiger partial charge in [0.1, 0.15) is 11.9 Å². The van der Waals surface area contributed by atoms with E-state index in [0.29, 0.717) is 18.6 Å². The maximum absolute atomic E-state index is 12.8. The molecule has 2 aromatic rings. The minimum absolute atomic E-state index is 0.118. The molecule has 0 unspecified atom stereocenters. The highest BCUT2D eigenvalue weighted by Gasteiger charge is 2.34. The number of piperidine rings is 1. The van der Waals surface area contributed by atoms with Gasteiger partial charge in [0.15, 0.2) is 5.69 Å². The largest absolute Gasteiger partial charge is 0.497 e. The van der Waals surface area contributed by atoms with E-state index < -0.39 is 28.0 Å². The average Bonchev–Trinajstić information content (AvgIpc) is 2.68. The normalized spacial score (nSPS) is 16.7. The zero-order chi connectivity index (χ0) is 20.4. The first-order valence-electron chi connectivity index (χ1n) is 8.41. The SMILES string of the molecule is COc1cccc(S(=O)(=O)N2CCC(Oc3nccc(C(F)(F)F)n3)CC2)c1. The van der Waals surface area contributed by atoms with Crippen LogP contribution in [-0.4, -0.2) is 49.0 Å². The number of hydrogen-bond acceptors (Lipinski definition) is 6. The summed E-state index contributed by atoms with van der Waals surface area (Å²) in [4.78, 5) is 7.19. The number of ether oxygens (including phenoxy) is 2. The summed E-state index contributed by atoms with van der Waals surface area (Å²) < 4.78 is 75.5. The minimum atomic E-state index is -4.59. The van der Waals surface area contributed by atoms with E-state index in [0.717, 1.165) is 12.3 Å². The van der Waals surface area contributed by atoms with Crippen LogP contribution in [0.1, 0.15) is 18.5 Å². The molecule has 1 fully saturated rings. The summed E-state index contributed by atoms with van der Waals surface area (Å²) in [5.74, 6) is 0.431. The molecule has 0 radical (unpaired) electrons. The molecule has 1 aliphatic rings. The standard InChI is InChI=1S/C17H18F3N3O4S/c1-26-13-3-2-4-14(11-13)28(24,25)23-9-6-12(7-10-23)27-16-21-8-5-15(22-16)17(18,19)20/h2-5,8,11-12H,6-7,9-10H2,1H3. The van der Waals surface area contributed by atoms with E-state index in [1.165, 1.54) is 23.5 Å². The Morgan fingerprint density at radius 3 is 2.54 bits per heavy atom. The van der Waals surface area contributed by atoms with E-state index >= 15 is 0 Å². The van der Waals surface area contributed by atoms with Crippen LogP contribution in [-0.2, 0) is 16.2 Å². The molecule has 11 heteroatoms. The van der Waals surface area contributed by atoms with Crippen molar-refractivity contribution in [2.24, 2.45) is 0 Å². The minimum Gasteiger partial charge on any atom is -0.497 e. The molecular weight excluding hydrogens is 399 g/mol. The van der Waals surface area contributed by atoms with Crippen molar-refractivity contribution < 1.29 is 31.1 Å². The molecule has 0 bridgehead atoms. The molecule has 1 aromatic heterocycles. The van der Waals surface area contributed by atoms with Gasteiger partial charge in [-0.25, -0.2) is 13.4 Å². The maximum Gasteiger partial charge on any atom is 0.433 e. The predicted octanol–water partition coefficient (Wildman–Crippen LogP) is 2.74. The van der Waals surface area contributed by atoms with Crippen molar-refractivity contribution in [1.82, 2.24) is 14.3 Å². The lowest BCUT2D eigenvalue weighted by Crippen LogP contribution is -2.41. The lowest BCUT2D eigenvalue weighted by Gasteiger charge is -2.31. The molecule has 0 atom stereocenters. The molecule has 0 spiro atoms. The Bertz CT molecular complexity index is 929. The molecule has 152 valence electrons. The highest BCUT2D eigenvalue weighted by Crippen LogP contribution is 2.29. The summed E-state index contributed by atoms with van der Waals surface area (Å²) >= 11 is 0. The van der Waals surface area contributed by atoms with E-state index in [-0.39, 0.29) is 24.0 Å². The van der Waals surface area contributed by atoms with Crippen molar-refractivity contribution in [3.63, 3.8) is 0 Å². The van der Waals surface area contributed by atoms with Gasteiger partial charge in [-0.1, -0.05) is 6.07 Å². The van der Waals surface area contributed by atoms with Gasteiger partial charge >= 0.3 is 12.2 Å². The van der Waals surface area contributed by atoms with Crippen molar-refractivity contribution >= 4 is 10.0 Å². The lowest BCUT2D eigenvalue weighted by molar-refractivity contribution is -0.141. The summed E-state index contributed by atoms with van der Waals surface area (Å²) in [5, 5.41) is 0. The fourth-order valence-electron chi connectivity index (χ4n) is 2.81. The van der Waals surface area contributed by atoms with Gasteiger partial charge < -0.3 is 9.47 Å². The number of alkyl halides is 3. The zero-order valence-electron chi connectivity index (χ0n) is 14.9. The van der Waals surface area contributed by atoms with Crippen molar-refractivity contribution in [2.45, 2.75) is 30.0 Å². The van der Waals surface area contributed by atoms with Gasteiger partial charge in [-0.2, -0.15) is 22.5 Å². The van der Waals surface area contributed by atoms with Crippen LogP contribution < -0.4 is 9.47 Å². The molecule has 1 aromatic carbocycles. The van der Waals surface area contributed by atoms with Crippen LogP contribution in [0.5, 0.6) is 11.8 Å². The van der Waals surface area contributed by atoms with Crippen LogP contribution in [0.4, 0.5) is 13.2 Å². The molecule has 28 heavy (non-hydrogen) atoms. The molecule has 7 nitrogen and oxygen atoms in total. The van der Waals surface area contributed by atoms with E-state index in [9.17, 15) is 21.6 Å². The van der Waals surface area contributed by atoms with Gasteiger partial charge in [-0.3, -0.25) is 0 Å². The first kappa shape index (κ1) is 20.3. The molecule has 0 saturated carbocycles. The van der Waals surface area contributed by atoms with Gasteiger partial charge in [0, 0.05) is 25.4 Å². The van der Waals surface area contributed by atoms with Crippen LogP contribution in [0.3, 0.4) is 0 Å². The van der Waals surface area contributed by atoms with Crippen molar-refractivity contribution in [3.05, 3.63) is 42.2 Å². The Kier molecular flexibility index (Phi) is 5.75. The molecule has 0 aliphatic carbocycles. The second kappa shape index (κ2) is 7.92. The van der Waals surface area contributed by atoms with E-state index in [2.05, 4.69) is 9.97 Å². The quantitative estimate of drug-likeness (QED) is 0.744. The monoisotopic (exact) mass is 417 g/mol. The molecule has 2 heterocycles. The van der Waals surface area contributed by atoms with Crippen LogP contribution in [0.25, 0.3) is 0 Å². The van der Waals surface area contributed by atoms with Crippen LogP contribution in [0.2, 0.25) is 0 Å². The highest BCUT2D eigenvalue weighted by molar-refractivity contribution is 7.89. The summed E-state index contributed by atoms with van der Waals surface area (Å²) in [6.45, 7) is 0.340. The summed E-state index contributed by atoms with van der Waals surface area (Å²) in [7, 11) is -2.25. The highest BCUT2D eigenvalue weighted by atomic mass is 32.2. The Hall–Kier alpha value is -2.40. The van der Waals surface area contributed by atoms with Crippen molar-refractivity contribution in [2.75, 3.05) is 20.2 Å². The molecule has 1 saturated heterocycles. The zero-order valence-corrected chi connectivity index (χ0v) is 15.7. The molecule has 3 rings (SSSR count). The molecule has 0 amide bonds. The fraction of sp³-hybridized carbons (Fsp3) is 0.412. The van der Waals surface area contributed by atoms with Crippen LogP contribution in [0, 0.1) is 0 Å². The third kappa shape index (κ3) is 4.53. The fourth-order valence-corrected chi connectivity index (χ4v) is 4.31. The number of benzene rings is 1. The number of nitrogens with zero attached hydrogens (tertiary/aromatic N) is 3. The number of rotatable bonds is 5.